The Kier molecular flexibility index (Phi) is 5.80. The fourth-order valence-electron chi connectivity index (χ4n) is 3.20. The molecule has 0 aliphatic rings. The molecule has 4 rings (SSSR count). The minimum absolute atomic E-state index is 0.121. The van der Waals surface area contributed by atoms with Crippen LogP contribution >= 0.6 is 0 Å². The average molecular weight is 429 g/mol. The van der Waals surface area contributed by atoms with Crippen LogP contribution in [0.5, 0.6) is 0 Å². The van der Waals surface area contributed by atoms with Crippen LogP contribution in [-0.4, -0.2) is 39.5 Å². The molecule has 0 atom stereocenters. The van der Waals surface area contributed by atoms with Crippen molar-refractivity contribution in [3.05, 3.63) is 77.1 Å². The maximum atomic E-state index is 12.5. The summed E-state index contributed by atoms with van der Waals surface area (Å²) in [6.07, 6.45) is 1.39. The summed E-state index contributed by atoms with van der Waals surface area (Å²) in [6, 6.07) is 16.2. The molecule has 4 aromatic rings. The molecule has 32 heavy (non-hydrogen) atoms. The highest BCUT2D eigenvalue weighted by Gasteiger charge is 2.09. The van der Waals surface area contributed by atoms with Gasteiger partial charge in [0, 0.05) is 31.5 Å². The summed E-state index contributed by atoms with van der Waals surface area (Å²) in [5, 5.41) is 6.53. The topological polar surface area (TPSA) is 105 Å². The van der Waals surface area contributed by atoms with Crippen LogP contribution in [0.25, 0.3) is 10.9 Å². The third-order valence-electron chi connectivity index (χ3n) is 4.77. The predicted molar refractivity (Wildman–Crippen MR) is 125 cm³/mol. The Morgan fingerprint density at radius 2 is 1.75 bits per heavy atom. The Labute approximate surface area is 184 Å². The Morgan fingerprint density at radius 3 is 2.50 bits per heavy atom. The molecule has 0 aliphatic heterocycles. The number of rotatable bonds is 6. The fraction of sp³-hybridized carbons (Fsp3) is 0.174. The summed E-state index contributed by atoms with van der Waals surface area (Å²) in [4.78, 5) is 39.9. The standard InChI is InChI=1S/C23H23N7O2/c1-15-25-20(12-21(26-15)29(2)3)27-16-8-10-17(11-9-16)28-22(31)13-30-14-24-19-7-5-4-6-18(19)23(30)32/h4-12,14H,13H2,1-3H3,(H,28,31)(H,25,26,27). The summed E-state index contributed by atoms with van der Waals surface area (Å²) in [5.41, 5.74) is 1.80. The summed E-state index contributed by atoms with van der Waals surface area (Å²) in [6.45, 7) is 1.72. The Balaban J connectivity index is 1.42. The minimum Gasteiger partial charge on any atom is -0.363 e. The highest BCUT2D eigenvalue weighted by atomic mass is 16.2. The summed E-state index contributed by atoms with van der Waals surface area (Å²) >= 11 is 0. The van der Waals surface area contributed by atoms with Gasteiger partial charge in [-0.1, -0.05) is 12.1 Å². The Morgan fingerprint density at radius 1 is 1.03 bits per heavy atom. The molecule has 0 radical (unpaired) electrons. The molecule has 9 nitrogen and oxygen atoms in total. The van der Waals surface area contributed by atoms with E-state index in [4.69, 9.17) is 0 Å². The molecular formula is C23H23N7O2. The van der Waals surface area contributed by atoms with Gasteiger partial charge in [-0.3, -0.25) is 14.2 Å². The Bertz CT molecular complexity index is 1330. The number of aryl methyl sites for hydroxylation is 1. The van der Waals surface area contributed by atoms with Crippen molar-refractivity contribution in [1.29, 1.82) is 0 Å². The number of para-hydroxylation sites is 1. The van der Waals surface area contributed by atoms with Crippen molar-refractivity contribution in [3.63, 3.8) is 0 Å². The van der Waals surface area contributed by atoms with Crippen LogP contribution in [0.1, 0.15) is 5.82 Å². The molecule has 0 saturated heterocycles. The third kappa shape index (κ3) is 4.72. The lowest BCUT2D eigenvalue weighted by atomic mass is 10.2. The van der Waals surface area contributed by atoms with Gasteiger partial charge in [0.1, 0.15) is 24.0 Å². The second kappa shape index (κ2) is 8.84. The minimum atomic E-state index is -0.313. The second-order valence-corrected chi connectivity index (χ2v) is 7.50. The molecule has 2 heterocycles. The number of hydrogen-bond acceptors (Lipinski definition) is 7. The number of nitrogens with zero attached hydrogens (tertiary/aromatic N) is 5. The highest BCUT2D eigenvalue weighted by molar-refractivity contribution is 5.91. The normalized spacial score (nSPS) is 10.7. The zero-order valence-corrected chi connectivity index (χ0v) is 18.0. The lowest BCUT2D eigenvalue weighted by molar-refractivity contribution is -0.116. The van der Waals surface area contributed by atoms with Crippen LogP contribution in [0.2, 0.25) is 0 Å². The number of carbonyl (C=O) groups excluding carboxylic acids is 1. The second-order valence-electron chi connectivity index (χ2n) is 7.50. The van der Waals surface area contributed by atoms with Gasteiger partial charge in [-0.25, -0.2) is 15.0 Å². The predicted octanol–water partition coefficient (Wildman–Crippen LogP) is 2.94. The van der Waals surface area contributed by atoms with Gasteiger partial charge in [0.15, 0.2) is 0 Å². The molecule has 0 aliphatic carbocycles. The van der Waals surface area contributed by atoms with Crippen molar-refractivity contribution < 1.29 is 4.79 Å². The Hall–Kier alpha value is -4.27. The van der Waals surface area contributed by atoms with Crippen LogP contribution < -0.4 is 21.1 Å². The van der Waals surface area contributed by atoms with Gasteiger partial charge in [-0.05, 0) is 43.3 Å². The van der Waals surface area contributed by atoms with E-state index in [-0.39, 0.29) is 18.0 Å². The largest absolute Gasteiger partial charge is 0.363 e. The van der Waals surface area contributed by atoms with Gasteiger partial charge in [0.25, 0.3) is 5.56 Å². The molecule has 0 fully saturated rings. The van der Waals surface area contributed by atoms with Gasteiger partial charge in [0.05, 0.1) is 17.2 Å². The average Bonchev–Trinajstić information content (AvgIpc) is 2.77. The van der Waals surface area contributed by atoms with E-state index in [1.807, 2.05) is 50.2 Å². The van der Waals surface area contributed by atoms with Gasteiger partial charge in [-0.2, -0.15) is 0 Å². The number of benzene rings is 2. The summed E-state index contributed by atoms with van der Waals surface area (Å²) in [5.74, 6) is 1.84. The highest BCUT2D eigenvalue weighted by Crippen LogP contribution is 2.20. The van der Waals surface area contributed by atoms with Crippen molar-refractivity contribution in [3.8, 4) is 0 Å². The van der Waals surface area contributed by atoms with E-state index < -0.39 is 0 Å². The van der Waals surface area contributed by atoms with Crippen LogP contribution in [-0.2, 0) is 11.3 Å². The van der Waals surface area contributed by atoms with Crippen LogP contribution in [0, 0.1) is 6.92 Å². The third-order valence-corrected chi connectivity index (χ3v) is 4.77. The monoisotopic (exact) mass is 429 g/mol. The number of hydrogen-bond donors (Lipinski definition) is 2. The van der Waals surface area contributed by atoms with Crippen molar-refractivity contribution in [2.45, 2.75) is 13.5 Å². The zero-order chi connectivity index (χ0) is 22.7. The van der Waals surface area contributed by atoms with Crippen LogP contribution in [0.4, 0.5) is 23.0 Å². The number of nitrogens with one attached hydrogen (secondary N) is 2. The number of carbonyl (C=O) groups is 1. The van der Waals surface area contributed by atoms with Gasteiger partial charge >= 0.3 is 0 Å². The van der Waals surface area contributed by atoms with E-state index in [2.05, 4.69) is 25.6 Å². The van der Waals surface area contributed by atoms with Crippen molar-refractivity contribution in [1.82, 2.24) is 19.5 Å². The molecule has 0 spiro atoms. The first-order chi connectivity index (χ1) is 15.4. The molecule has 1 amide bonds. The number of fused-ring (bicyclic) bond motifs is 1. The van der Waals surface area contributed by atoms with Gasteiger partial charge < -0.3 is 15.5 Å². The molecule has 2 aromatic heterocycles. The van der Waals surface area contributed by atoms with E-state index in [9.17, 15) is 9.59 Å². The number of aromatic nitrogens is 4. The molecule has 9 heteroatoms. The van der Waals surface area contributed by atoms with Crippen molar-refractivity contribution >= 4 is 39.8 Å². The molecule has 2 N–H and O–H groups in total. The molecular weight excluding hydrogens is 406 g/mol. The van der Waals surface area contributed by atoms with Crippen LogP contribution in [0.3, 0.4) is 0 Å². The maximum Gasteiger partial charge on any atom is 0.261 e. The smallest absolute Gasteiger partial charge is 0.261 e. The number of amides is 1. The van der Waals surface area contributed by atoms with E-state index in [0.29, 0.717) is 28.2 Å². The zero-order valence-electron chi connectivity index (χ0n) is 18.0. The fourth-order valence-corrected chi connectivity index (χ4v) is 3.20. The van der Waals surface area contributed by atoms with Crippen molar-refractivity contribution in [2.24, 2.45) is 0 Å². The lowest BCUT2D eigenvalue weighted by Crippen LogP contribution is -2.27. The van der Waals surface area contributed by atoms with E-state index >= 15 is 0 Å². The molecule has 2 aromatic carbocycles. The maximum absolute atomic E-state index is 12.5. The molecule has 0 bridgehead atoms. The molecule has 0 saturated carbocycles. The summed E-state index contributed by atoms with van der Waals surface area (Å²) < 4.78 is 1.30. The first-order valence-electron chi connectivity index (χ1n) is 10.0. The van der Waals surface area contributed by atoms with Crippen molar-refractivity contribution in [2.75, 3.05) is 29.6 Å². The molecule has 162 valence electrons. The number of anilines is 4. The first kappa shape index (κ1) is 21.0. The van der Waals surface area contributed by atoms with Gasteiger partial charge in [0.2, 0.25) is 5.91 Å². The first-order valence-corrected chi connectivity index (χ1v) is 10.0. The lowest BCUT2D eigenvalue weighted by Gasteiger charge is -2.14. The molecule has 0 unspecified atom stereocenters. The quantitative estimate of drug-likeness (QED) is 0.485. The van der Waals surface area contributed by atoms with Gasteiger partial charge in [-0.15, -0.1) is 0 Å². The SMILES string of the molecule is Cc1nc(Nc2ccc(NC(=O)Cn3cnc4ccccc4c3=O)cc2)cc(N(C)C)n1. The summed E-state index contributed by atoms with van der Waals surface area (Å²) in [7, 11) is 3.84. The van der Waals surface area contributed by atoms with E-state index in [0.717, 1.165) is 11.5 Å². The van der Waals surface area contributed by atoms with E-state index in [1.54, 1.807) is 30.3 Å². The van der Waals surface area contributed by atoms with Crippen LogP contribution in [0.15, 0.2) is 65.7 Å². The van der Waals surface area contributed by atoms with E-state index in [1.165, 1.54) is 10.9 Å².